The predicted molar refractivity (Wildman–Crippen MR) is 88.4 cm³/mol. The van der Waals surface area contributed by atoms with Crippen LogP contribution in [0.25, 0.3) is 5.69 Å². The summed E-state index contributed by atoms with van der Waals surface area (Å²) in [7, 11) is 1.62. The van der Waals surface area contributed by atoms with Crippen LogP contribution in [0.2, 0.25) is 5.15 Å². The number of nitrogens with zero attached hydrogens (tertiary/aromatic N) is 3. The molecule has 0 unspecified atom stereocenters. The van der Waals surface area contributed by atoms with E-state index in [9.17, 15) is 4.79 Å². The van der Waals surface area contributed by atoms with E-state index >= 15 is 0 Å². The standard InChI is InChI=1S/C15H13ClN4O2S/c1-22-12-4-2-11(3-5-12)20-7-6-10(19-20)8-17-14(21)15-18-13(16)9-23-15/h2-7,9H,8H2,1H3,(H,17,21). The Kier molecular flexibility index (Phi) is 4.59. The molecule has 3 aromatic rings. The highest BCUT2D eigenvalue weighted by atomic mass is 35.5. The predicted octanol–water partition coefficient (Wildman–Crippen LogP) is 2.92. The number of amides is 1. The van der Waals surface area contributed by atoms with Crippen LogP contribution < -0.4 is 10.1 Å². The molecule has 3 rings (SSSR count). The van der Waals surface area contributed by atoms with Gasteiger partial charge in [0.2, 0.25) is 0 Å². The summed E-state index contributed by atoms with van der Waals surface area (Å²) in [5.74, 6) is 0.524. The van der Waals surface area contributed by atoms with E-state index in [4.69, 9.17) is 16.3 Å². The minimum Gasteiger partial charge on any atom is -0.497 e. The monoisotopic (exact) mass is 348 g/mol. The smallest absolute Gasteiger partial charge is 0.280 e. The van der Waals surface area contributed by atoms with Gasteiger partial charge in [0.25, 0.3) is 5.91 Å². The first-order valence-corrected chi connectivity index (χ1v) is 7.99. The number of carbonyl (C=O) groups excluding carboxylic acids is 1. The van der Waals surface area contributed by atoms with E-state index in [1.54, 1.807) is 17.2 Å². The third-order valence-corrected chi connectivity index (χ3v) is 4.25. The van der Waals surface area contributed by atoms with Gasteiger partial charge in [-0.3, -0.25) is 4.79 Å². The lowest BCUT2D eigenvalue weighted by Crippen LogP contribution is -2.22. The summed E-state index contributed by atoms with van der Waals surface area (Å²) in [5.41, 5.74) is 1.66. The molecule has 0 saturated heterocycles. The fraction of sp³-hybridized carbons (Fsp3) is 0.133. The normalized spacial score (nSPS) is 10.5. The molecule has 0 bridgehead atoms. The number of thiazole rings is 1. The Bertz CT molecular complexity index is 813. The maximum Gasteiger partial charge on any atom is 0.280 e. The number of carbonyl (C=O) groups is 1. The molecule has 118 valence electrons. The summed E-state index contributed by atoms with van der Waals surface area (Å²) >= 11 is 6.91. The first-order valence-electron chi connectivity index (χ1n) is 6.74. The average Bonchev–Trinajstić information content (AvgIpc) is 3.22. The lowest BCUT2D eigenvalue weighted by atomic mass is 10.3. The second-order valence-corrected chi connectivity index (χ2v) is 5.85. The largest absolute Gasteiger partial charge is 0.497 e. The van der Waals surface area contributed by atoms with E-state index < -0.39 is 0 Å². The van der Waals surface area contributed by atoms with Gasteiger partial charge in [0, 0.05) is 11.6 Å². The van der Waals surface area contributed by atoms with Crippen LogP contribution in [0.1, 0.15) is 15.5 Å². The number of aromatic nitrogens is 3. The zero-order valence-electron chi connectivity index (χ0n) is 12.2. The second-order valence-electron chi connectivity index (χ2n) is 4.61. The molecule has 6 nitrogen and oxygen atoms in total. The maximum atomic E-state index is 11.9. The molecule has 0 aliphatic rings. The molecule has 2 aromatic heterocycles. The molecule has 0 atom stereocenters. The van der Waals surface area contributed by atoms with Crippen molar-refractivity contribution in [2.75, 3.05) is 7.11 Å². The van der Waals surface area contributed by atoms with Crippen LogP contribution in [0.15, 0.2) is 41.9 Å². The molecule has 1 N–H and O–H groups in total. The lowest BCUT2D eigenvalue weighted by molar-refractivity contribution is 0.0950. The summed E-state index contributed by atoms with van der Waals surface area (Å²) in [6.07, 6.45) is 1.84. The van der Waals surface area contributed by atoms with E-state index in [0.29, 0.717) is 16.7 Å². The second kappa shape index (κ2) is 6.80. The SMILES string of the molecule is COc1ccc(-n2ccc(CNC(=O)c3nc(Cl)cs3)n2)cc1. The third kappa shape index (κ3) is 3.69. The Labute approximate surface area is 141 Å². The van der Waals surface area contributed by atoms with E-state index in [1.807, 2.05) is 36.5 Å². The van der Waals surface area contributed by atoms with Crippen LogP contribution in [0, 0.1) is 0 Å². The highest BCUT2D eigenvalue weighted by molar-refractivity contribution is 7.12. The van der Waals surface area contributed by atoms with Crippen molar-refractivity contribution in [3.8, 4) is 11.4 Å². The summed E-state index contributed by atoms with van der Waals surface area (Å²) in [4.78, 5) is 15.8. The molecule has 0 aliphatic heterocycles. The minimum absolute atomic E-state index is 0.263. The number of benzene rings is 1. The molecule has 0 aliphatic carbocycles. The van der Waals surface area contributed by atoms with E-state index in [2.05, 4.69) is 15.4 Å². The van der Waals surface area contributed by atoms with E-state index in [-0.39, 0.29) is 5.91 Å². The Hall–Kier alpha value is -2.38. The molecule has 0 spiro atoms. The third-order valence-electron chi connectivity index (χ3n) is 3.08. The number of hydrogen-bond acceptors (Lipinski definition) is 5. The molecule has 0 saturated carbocycles. The Balaban J connectivity index is 1.63. The molecule has 1 amide bonds. The average molecular weight is 349 g/mol. The Morgan fingerprint density at radius 3 is 2.78 bits per heavy atom. The number of halogens is 1. The maximum absolute atomic E-state index is 11.9. The molecule has 0 radical (unpaired) electrons. The van der Waals surface area contributed by atoms with Crippen molar-refractivity contribution < 1.29 is 9.53 Å². The Morgan fingerprint density at radius 2 is 2.13 bits per heavy atom. The fourth-order valence-electron chi connectivity index (χ4n) is 1.94. The van der Waals surface area contributed by atoms with Crippen molar-refractivity contribution >= 4 is 28.8 Å². The van der Waals surface area contributed by atoms with Crippen molar-refractivity contribution in [2.24, 2.45) is 0 Å². The topological polar surface area (TPSA) is 69.0 Å². The highest BCUT2D eigenvalue weighted by Crippen LogP contribution is 2.15. The van der Waals surface area contributed by atoms with Crippen molar-refractivity contribution in [2.45, 2.75) is 6.54 Å². The molecule has 8 heteroatoms. The van der Waals surface area contributed by atoms with Gasteiger partial charge in [-0.1, -0.05) is 11.6 Å². The van der Waals surface area contributed by atoms with Gasteiger partial charge in [-0.15, -0.1) is 11.3 Å². The fourth-order valence-corrected chi connectivity index (χ4v) is 2.80. The van der Waals surface area contributed by atoms with E-state index in [1.165, 1.54) is 11.3 Å². The molecule has 23 heavy (non-hydrogen) atoms. The summed E-state index contributed by atoms with van der Waals surface area (Å²) < 4.78 is 6.86. The number of rotatable bonds is 5. The molecule has 2 heterocycles. The van der Waals surface area contributed by atoms with Gasteiger partial charge in [-0.05, 0) is 30.3 Å². The number of nitrogens with one attached hydrogen (secondary N) is 1. The van der Waals surface area contributed by atoms with Crippen LogP contribution in [-0.2, 0) is 6.54 Å². The molecular formula is C15H13ClN4O2S. The number of hydrogen-bond donors (Lipinski definition) is 1. The molecule has 0 fully saturated rings. The summed E-state index contributed by atoms with van der Waals surface area (Å²) in [5, 5.41) is 9.47. The van der Waals surface area contributed by atoms with Crippen molar-refractivity contribution in [1.82, 2.24) is 20.1 Å². The van der Waals surface area contributed by atoms with Gasteiger partial charge in [-0.2, -0.15) is 5.10 Å². The van der Waals surface area contributed by atoms with Gasteiger partial charge in [-0.25, -0.2) is 9.67 Å². The van der Waals surface area contributed by atoms with Crippen molar-refractivity contribution in [3.63, 3.8) is 0 Å². The van der Waals surface area contributed by atoms with Gasteiger partial charge in [0.1, 0.15) is 10.9 Å². The Morgan fingerprint density at radius 1 is 1.35 bits per heavy atom. The van der Waals surface area contributed by atoms with Gasteiger partial charge in [0.05, 0.1) is 25.0 Å². The zero-order valence-corrected chi connectivity index (χ0v) is 13.8. The van der Waals surface area contributed by atoms with Crippen LogP contribution in [0.4, 0.5) is 0 Å². The van der Waals surface area contributed by atoms with Crippen molar-refractivity contribution in [1.29, 1.82) is 0 Å². The minimum atomic E-state index is -0.263. The van der Waals surface area contributed by atoms with Crippen LogP contribution in [0.5, 0.6) is 5.75 Å². The quantitative estimate of drug-likeness (QED) is 0.769. The van der Waals surface area contributed by atoms with Crippen LogP contribution in [0.3, 0.4) is 0 Å². The first-order chi connectivity index (χ1) is 11.2. The van der Waals surface area contributed by atoms with Gasteiger partial charge in [0.15, 0.2) is 5.01 Å². The lowest BCUT2D eigenvalue weighted by Gasteiger charge is -2.03. The van der Waals surface area contributed by atoms with Gasteiger partial charge < -0.3 is 10.1 Å². The van der Waals surface area contributed by atoms with Crippen LogP contribution >= 0.6 is 22.9 Å². The number of methoxy groups -OCH3 is 1. The zero-order chi connectivity index (χ0) is 16.2. The summed E-state index contributed by atoms with van der Waals surface area (Å²) in [6.45, 7) is 0.319. The number of ether oxygens (including phenoxy) is 1. The first kappa shape index (κ1) is 15.5. The highest BCUT2D eigenvalue weighted by Gasteiger charge is 2.11. The summed E-state index contributed by atoms with van der Waals surface area (Å²) in [6, 6.07) is 9.40. The molecular weight excluding hydrogens is 336 g/mol. The van der Waals surface area contributed by atoms with Gasteiger partial charge >= 0.3 is 0 Å². The van der Waals surface area contributed by atoms with Crippen LogP contribution in [-0.4, -0.2) is 27.8 Å². The van der Waals surface area contributed by atoms with E-state index in [0.717, 1.165) is 17.1 Å². The molecule has 1 aromatic carbocycles. The van der Waals surface area contributed by atoms with Crippen molar-refractivity contribution in [3.05, 3.63) is 57.8 Å².